The molecule has 11 heteroatoms. The highest BCUT2D eigenvalue weighted by Crippen LogP contribution is 2.36. The molecule has 0 aliphatic carbocycles. The van der Waals surface area contributed by atoms with Gasteiger partial charge in [-0.3, -0.25) is 4.79 Å². The van der Waals surface area contributed by atoms with Crippen LogP contribution < -0.4 is 20.2 Å². The van der Waals surface area contributed by atoms with E-state index in [-0.39, 0.29) is 11.1 Å². The van der Waals surface area contributed by atoms with Crippen LogP contribution in [0, 0.1) is 0 Å². The SMILES string of the molecule is O=C(Nc1ccc(Cl)c(Cl)c1)NN1C(=O)/C(=C\c2ccc3c(c2)OCO3)SC1=S. The molecular formula is C18H11Cl2N3O4S2. The zero-order chi connectivity index (χ0) is 20.5. The molecule has 148 valence electrons. The lowest BCUT2D eigenvalue weighted by Crippen LogP contribution is -2.46. The van der Waals surface area contributed by atoms with Gasteiger partial charge >= 0.3 is 6.03 Å². The van der Waals surface area contributed by atoms with E-state index in [1.54, 1.807) is 36.4 Å². The molecule has 2 aliphatic heterocycles. The number of thioether (sulfide) groups is 1. The van der Waals surface area contributed by atoms with Crippen molar-refractivity contribution in [1.82, 2.24) is 10.4 Å². The molecule has 2 aliphatic rings. The van der Waals surface area contributed by atoms with E-state index >= 15 is 0 Å². The molecule has 3 amide bonds. The lowest BCUT2D eigenvalue weighted by molar-refractivity contribution is -0.123. The van der Waals surface area contributed by atoms with E-state index in [0.717, 1.165) is 22.3 Å². The van der Waals surface area contributed by atoms with Crippen molar-refractivity contribution in [1.29, 1.82) is 0 Å². The Kier molecular flexibility index (Phi) is 5.55. The van der Waals surface area contributed by atoms with Crippen LogP contribution in [-0.2, 0) is 4.79 Å². The second-order valence-electron chi connectivity index (χ2n) is 5.82. The lowest BCUT2D eigenvalue weighted by atomic mass is 10.2. The number of anilines is 1. The number of amides is 3. The third kappa shape index (κ3) is 4.27. The van der Waals surface area contributed by atoms with Gasteiger partial charge < -0.3 is 14.8 Å². The molecule has 7 nitrogen and oxygen atoms in total. The molecule has 2 aromatic carbocycles. The first-order valence-electron chi connectivity index (χ1n) is 8.11. The number of hydrogen-bond donors (Lipinski definition) is 2. The van der Waals surface area contributed by atoms with Crippen molar-refractivity contribution < 1.29 is 19.1 Å². The van der Waals surface area contributed by atoms with Gasteiger partial charge in [-0.1, -0.05) is 41.0 Å². The summed E-state index contributed by atoms with van der Waals surface area (Å²) in [6.07, 6.45) is 1.67. The van der Waals surface area contributed by atoms with E-state index in [1.165, 1.54) is 6.07 Å². The van der Waals surface area contributed by atoms with Crippen LogP contribution in [0.15, 0.2) is 41.3 Å². The van der Waals surface area contributed by atoms with Crippen molar-refractivity contribution in [3.05, 3.63) is 56.9 Å². The van der Waals surface area contributed by atoms with Gasteiger partial charge in [0.15, 0.2) is 15.8 Å². The number of nitrogens with one attached hydrogen (secondary N) is 2. The van der Waals surface area contributed by atoms with Gasteiger partial charge in [0, 0.05) is 5.69 Å². The molecule has 1 saturated heterocycles. The van der Waals surface area contributed by atoms with E-state index in [2.05, 4.69) is 10.7 Å². The summed E-state index contributed by atoms with van der Waals surface area (Å²) in [4.78, 5) is 25.3. The number of benzene rings is 2. The Morgan fingerprint density at radius 2 is 1.93 bits per heavy atom. The number of fused-ring (bicyclic) bond motifs is 1. The van der Waals surface area contributed by atoms with Crippen LogP contribution in [0.1, 0.15) is 5.56 Å². The van der Waals surface area contributed by atoms with E-state index in [9.17, 15) is 9.59 Å². The third-order valence-electron chi connectivity index (χ3n) is 3.88. The normalized spacial score (nSPS) is 16.5. The first kappa shape index (κ1) is 19.8. The zero-order valence-electron chi connectivity index (χ0n) is 14.4. The number of ether oxygens (including phenoxy) is 2. The molecule has 2 N–H and O–H groups in total. The van der Waals surface area contributed by atoms with Gasteiger partial charge in [0.1, 0.15) is 0 Å². The summed E-state index contributed by atoms with van der Waals surface area (Å²) in [5, 5.41) is 4.23. The number of thiocarbonyl (C=S) groups is 1. The topological polar surface area (TPSA) is 79.9 Å². The van der Waals surface area contributed by atoms with Crippen molar-refractivity contribution >= 4 is 75.2 Å². The third-order valence-corrected chi connectivity index (χ3v) is 5.92. The van der Waals surface area contributed by atoms with E-state index in [1.807, 2.05) is 0 Å². The quantitative estimate of drug-likeness (QED) is 0.504. The molecular weight excluding hydrogens is 457 g/mol. The standard InChI is InChI=1S/C18H11Cl2N3O4S2/c19-11-3-2-10(7-12(11)20)21-17(25)22-23-16(24)15(29-18(23)28)6-9-1-4-13-14(5-9)27-8-26-13/h1-7H,8H2,(H2,21,22,25)/b15-6+. The van der Waals surface area contributed by atoms with Crippen molar-refractivity contribution in [2.45, 2.75) is 0 Å². The molecule has 2 aromatic rings. The minimum Gasteiger partial charge on any atom is -0.454 e. The van der Waals surface area contributed by atoms with Crippen LogP contribution in [0.25, 0.3) is 6.08 Å². The number of halogens is 2. The molecule has 29 heavy (non-hydrogen) atoms. The zero-order valence-corrected chi connectivity index (χ0v) is 17.5. The minimum absolute atomic E-state index is 0.165. The van der Waals surface area contributed by atoms with Gasteiger partial charge in [-0.15, -0.1) is 0 Å². The summed E-state index contributed by atoms with van der Waals surface area (Å²) < 4.78 is 10.8. The summed E-state index contributed by atoms with van der Waals surface area (Å²) in [7, 11) is 0. The number of carbonyl (C=O) groups is 2. The summed E-state index contributed by atoms with van der Waals surface area (Å²) in [5.41, 5.74) is 3.59. The Labute approximate surface area is 184 Å². The summed E-state index contributed by atoms with van der Waals surface area (Å²) in [6, 6.07) is 9.30. The molecule has 0 saturated carbocycles. The molecule has 4 rings (SSSR count). The average Bonchev–Trinajstić information content (AvgIpc) is 3.24. The molecule has 0 radical (unpaired) electrons. The van der Waals surface area contributed by atoms with Crippen molar-refractivity contribution in [3.63, 3.8) is 0 Å². The Balaban J connectivity index is 1.45. The lowest BCUT2D eigenvalue weighted by Gasteiger charge is -2.16. The smallest absolute Gasteiger partial charge is 0.338 e. The number of hydrazine groups is 1. The molecule has 0 bridgehead atoms. The van der Waals surface area contributed by atoms with Crippen LogP contribution in [-0.4, -0.2) is 28.1 Å². The number of urea groups is 1. The van der Waals surface area contributed by atoms with Crippen LogP contribution >= 0.6 is 47.2 Å². The second kappa shape index (κ2) is 8.11. The minimum atomic E-state index is -0.649. The maximum Gasteiger partial charge on any atom is 0.338 e. The van der Waals surface area contributed by atoms with E-state index < -0.39 is 11.9 Å². The van der Waals surface area contributed by atoms with Crippen LogP contribution in [0.4, 0.5) is 10.5 Å². The molecule has 2 heterocycles. The predicted octanol–water partition coefficient (Wildman–Crippen LogP) is 4.66. The molecule has 0 aromatic heterocycles. The van der Waals surface area contributed by atoms with Crippen LogP contribution in [0.5, 0.6) is 11.5 Å². The van der Waals surface area contributed by atoms with Crippen LogP contribution in [0.3, 0.4) is 0 Å². The average molecular weight is 468 g/mol. The van der Waals surface area contributed by atoms with Gasteiger partial charge in [0.2, 0.25) is 6.79 Å². The fourth-order valence-electron chi connectivity index (χ4n) is 2.55. The summed E-state index contributed by atoms with van der Waals surface area (Å²) in [5.74, 6) is 0.811. The molecule has 1 fully saturated rings. The van der Waals surface area contributed by atoms with Gasteiger partial charge in [0.25, 0.3) is 5.91 Å². The Hall–Kier alpha value is -2.46. The Morgan fingerprint density at radius 1 is 1.14 bits per heavy atom. The summed E-state index contributed by atoms with van der Waals surface area (Å²) in [6.45, 7) is 0.165. The first-order chi connectivity index (χ1) is 13.9. The molecule has 0 spiro atoms. The number of nitrogens with zero attached hydrogens (tertiary/aromatic N) is 1. The largest absolute Gasteiger partial charge is 0.454 e. The summed E-state index contributed by atoms with van der Waals surface area (Å²) >= 11 is 18.1. The Bertz CT molecular complexity index is 1080. The van der Waals surface area contributed by atoms with E-state index in [4.69, 9.17) is 44.9 Å². The van der Waals surface area contributed by atoms with Crippen molar-refractivity contribution in [2.24, 2.45) is 0 Å². The monoisotopic (exact) mass is 467 g/mol. The molecule has 0 atom stereocenters. The van der Waals surface area contributed by atoms with Gasteiger partial charge in [-0.2, -0.15) is 5.01 Å². The number of hydrogen-bond acceptors (Lipinski definition) is 6. The maximum atomic E-state index is 12.7. The number of carbonyl (C=O) groups excluding carboxylic acids is 2. The maximum absolute atomic E-state index is 12.7. The number of rotatable bonds is 3. The van der Waals surface area contributed by atoms with Crippen LogP contribution in [0.2, 0.25) is 10.0 Å². The highest BCUT2D eigenvalue weighted by atomic mass is 35.5. The predicted molar refractivity (Wildman–Crippen MR) is 116 cm³/mol. The van der Waals surface area contributed by atoms with Crippen molar-refractivity contribution in [3.8, 4) is 11.5 Å². The first-order valence-corrected chi connectivity index (χ1v) is 10.1. The highest BCUT2D eigenvalue weighted by molar-refractivity contribution is 8.26. The fraction of sp³-hybridized carbons (Fsp3) is 0.0556. The van der Waals surface area contributed by atoms with Gasteiger partial charge in [-0.25, -0.2) is 10.2 Å². The van der Waals surface area contributed by atoms with Gasteiger partial charge in [0.05, 0.1) is 15.0 Å². The second-order valence-corrected chi connectivity index (χ2v) is 8.31. The van der Waals surface area contributed by atoms with Gasteiger partial charge in [-0.05, 0) is 54.2 Å². The molecule has 0 unspecified atom stereocenters. The van der Waals surface area contributed by atoms with E-state index in [0.29, 0.717) is 32.1 Å². The Morgan fingerprint density at radius 3 is 2.72 bits per heavy atom. The fourth-order valence-corrected chi connectivity index (χ4v) is 4.03. The van der Waals surface area contributed by atoms with Crippen molar-refractivity contribution in [2.75, 3.05) is 12.1 Å². The highest BCUT2D eigenvalue weighted by Gasteiger charge is 2.33.